The summed E-state index contributed by atoms with van der Waals surface area (Å²) < 4.78 is 0. The van der Waals surface area contributed by atoms with E-state index >= 15 is 0 Å². The number of likely N-dealkylation sites (tertiary alicyclic amines) is 1. The van der Waals surface area contributed by atoms with Crippen LogP contribution >= 0.6 is 0 Å². The van der Waals surface area contributed by atoms with Crippen molar-refractivity contribution in [2.24, 2.45) is 10.4 Å². The van der Waals surface area contributed by atoms with Gasteiger partial charge in [0.05, 0.1) is 11.9 Å². The number of pyridine rings is 1. The summed E-state index contributed by atoms with van der Waals surface area (Å²) in [4.78, 5) is 22.7. The molecule has 2 N–H and O–H groups in total. The normalized spacial score (nSPS) is 19.0. The first-order valence-electron chi connectivity index (χ1n) is 8.04. The number of hydrogen-bond donors (Lipinski definition) is 2. The number of nitrogens with one attached hydrogen (secondary N) is 2. The molecule has 126 valence electrons. The van der Waals surface area contributed by atoms with Gasteiger partial charge in [-0.2, -0.15) is 0 Å². The van der Waals surface area contributed by atoms with Crippen molar-refractivity contribution in [1.29, 1.82) is 0 Å². The van der Waals surface area contributed by atoms with Gasteiger partial charge in [-0.25, -0.2) is 4.99 Å². The fraction of sp³-hybridized carbons (Fsp3) is 0.588. The van der Waals surface area contributed by atoms with Crippen molar-refractivity contribution < 1.29 is 4.79 Å². The molecule has 0 aliphatic carbocycles. The Morgan fingerprint density at radius 2 is 2.13 bits per heavy atom. The molecule has 1 fully saturated rings. The minimum Gasteiger partial charge on any atom is -0.356 e. The maximum Gasteiger partial charge on any atom is 0.246 e. The van der Waals surface area contributed by atoms with Crippen molar-refractivity contribution in [2.45, 2.75) is 40.2 Å². The standard InChI is InChI=1S/C17H27N5O/c1-6-19-15(22-12-16(2,3)17(22,4)5)20-11-14(23)21-13-8-7-9-18-10-13/h7-10H,6,11-12H2,1-5H3,(H,19,20)(H,21,23). The van der Waals surface area contributed by atoms with E-state index in [1.165, 1.54) is 0 Å². The Hall–Kier alpha value is -2.11. The van der Waals surface area contributed by atoms with Crippen molar-refractivity contribution >= 4 is 17.6 Å². The Morgan fingerprint density at radius 1 is 1.39 bits per heavy atom. The highest BCUT2D eigenvalue weighted by atomic mass is 16.1. The van der Waals surface area contributed by atoms with Gasteiger partial charge in [0.1, 0.15) is 6.54 Å². The molecule has 0 saturated carbocycles. The van der Waals surface area contributed by atoms with Gasteiger partial charge in [0.2, 0.25) is 5.91 Å². The molecule has 1 saturated heterocycles. The average Bonchev–Trinajstić information content (AvgIpc) is 2.50. The largest absolute Gasteiger partial charge is 0.356 e. The topological polar surface area (TPSA) is 69.6 Å². The van der Waals surface area contributed by atoms with Crippen LogP contribution in [0.2, 0.25) is 0 Å². The monoisotopic (exact) mass is 317 g/mol. The van der Waals surface area contributed by atoms with Crippen LogP contribution in [-0.2, 0) is 4.79 Å². The maximum atomic E-state index is 12.0. The lowest BCUT2D eigenvalue weighted by Crippen LogP contribution is -2.72. The first kappa shape index (κ1) is 17.2. The van der Waals surface area contributed by atoms with Gasteiger partial charge in [0.15, 0.2) is 5.96 Å². The summed E-state index contributed by atoms with van der Waals surface area (Å²) in [6.45, 7) is 12.7. The van der Waals surface area contributed by atoms with Gasteiger partial charge in [-0.15, -0.1) is 0 Å². The molecule has 0 spiro atoms. The Morgan fingerprint density at radius 3 is 2.65 bits per heavy atom. The lowest BCUT2D eigenvalue weighted by molar-refractivity contribution is -0.115. The molecule has 6 nitrogen and oxygen atoms in total. The first-order valence-corrected chi connectivity index (χ1v) is 8.04. The number of rotatable bonds is 4. The predicted molar refractivity (Wildman–Crippen MR) is 93.4 cm³/mol. The second-order valence-electron chi connectivity index (χ2n) is 6.99. The molecule has 1 aliphatic rings. The van der Waals surface area contributed by atoms with E-state index in [-0.39, 0.29) is 23.4 Å². The minimum absolute atomic E-state index is 0.00777. The smallest absolute Gasteiger partial charge is 0.246 e. The third-order valence-electron chi connectivity index (χ3n) is 4.79. The third kappa shape index (κ3) is 3.63. The number of aromatic nitrogens is 1. The van der Waals surface area contributed by atoms with Crippen LogP contribution in [-0.4, -0.2) is 46.9 Å². The number of anilines is 1. The van der Waals surface area contributed by atoms with E-state index in [0.29, 0.717) is 5.69 Å². The van der Waals surface area contributed by atoms with Crippen molar-refractivity contribution in [3.8, 4) is 0 Å². The average molecular weight is 317 g/mol. The molecule has 2 rings (SSSR count). The van der Waals surface area contributed by atoms with Gasteiger partial charge >= 0.3 is 0 Å². The van der Waals surface area contributed by atoms with Crippen molar-refractivity contribution in [3.63, 3.8) is 0 Å². The molecule has 1 amide bonds. The van der Waals surface area contributed by atoms with Gasteiger partial charge in [0.25, 0.3) is 0 Å². The molecule has 1 aromatic rings. The van der Waals surface area contributed by atoms with E-state index in [4.69, 9.17) is 0 Å². The van der Waals surface area contributed by atoms with E-state index < -0.39 is 0 Å². The number of hydrogen-bond acceptors (Lipinski definition) is 3. The number of aliphatic imine (C=N–C) groups is 1. The highest BCUT2D eigenvalue weighted by molar-refractivity contribution is 5.94. The lowest BCUT2D eigenvalue weighted by atomic mass is 9.65. The number of carbonyl (C=O) groups is 1. The molecule has 0 bridgehead atoms. The number of nitrogens with zero attached hydrogens (tertiary/aromatic N) is 3. The second kappa shape index (κ2) is 6.56. The molecule has 1 aromatic heterocycles. The van der Waals surface area contributed by atoms with Crippen LogP contribution in [0.4, 0.5) is 5.69 Å². The van der Waals surface area contributed by atoms with Gasteiger partial charge in [0, 0.05) is 30.2 Å². The molecule has 23 heavy (non-hydrogen) atoms. The van der Waals surface area contributed by atoms with Crippen LogP contribution in [0.3, 0.4) is 0 Å². The summed E-state index contributed by atoms with van der Waals surface area (Å²) in [5.74, 6) is 0.643. The molecule has 6 heteroatoms. The van der Waals surface area contributed by atoms with Crippen LogP contribution in [0.15, 0.2) is 29.5 Å². The summed E-state index contributed by atoms with van der Waals surface area (Å²) in [7, 11) is 0. The van der Waals surface area contributed by atoms with E-state index in [2.05, 4.69) is 53.2 Å². The maximum absolute atomic E-state index is 12.0. The third-order valence-corrected chi connectivity index (χ3v) is 4.79. The highest BCUT2D eigenvalue weighted by Gasteiger charge is 2.53. The minimum atomic E-state index is -0.147. The van der Waals surface area contributed by atoms with Crippen LogP contribution in [0.1, 0.15) is 34.6 Å². The van der Waals surface area contributed by atoms with Crippen LogP contribution in [0.5, 0.6) is 0 Å². The molecule has 0 atom stereocenters. The summed E-state index contributed by atoms with van der Waals surface area (Å²) in [6, 6.07) is 3.59. The number of amides is 1. The summed E-state index contributed by atoms with van der Waals surface area (Å²) in [6.07, 6.45) is 3.29. The first-order chi connectivity index (χ1) is 10.8. The van der Waals surface area contributed by atoms with Crippen molar-refractivity contribution in [2.75, 3.05) is 25.0 Å². The van der Waals surface area contributed by atoms with Crippen molar-refractivity contribution in [3.05, 3.63) is 24.5 Å². The molecule has 1 aliphatic heterocycles. The van der Waals surface area contributed by atoms with Crippen molar-refractivity contribution in [1.82, 2.24) is 15.2 Å². The van der Waals surface area contributed by atoms with Gasteiger partial charge in [-0.05, 0) is 32.9 Å². The Kier molecular flexibility index (Phi) is 4.92. The molecule has 0 aromatic carbocycles. The van der Waals surface area contributed by atoms with Crippen LogP contribution < -0.4 is 10.6 Å². The van der Waals surface area contributed by atoms with E-state index in [1.807, 2.05) is 6.92 Å². The van der Waals surface area contributed by atoms with E-state index in [0.717, 1.165) is 19.0 Å². The highest BCUT2D eigenvalue weighted by Crippen LogP contribution is 2.46. The summed E-state index contributed by atoms with van der Waals surface area (Å²) in [5.41, 5.74) is 0.915. The van der Waals surface area contributed by atoms with E-state index in [1.54, 1.807) is 24.5 Å². The summed E-state index contributed by atoms with van der Waals surface area (Å²) in [5, 5.41) is 6.08. The van der Waals surface area contributed by atoms with Gasteiger partial charge < -0.3 is 15.5 Å². The zero-order chi connectivity index (χ0) is 17.1. The van der Waals surface area contributed by atoms with Crippen LogP contribution in [0.25, 0.3) is 0 Å². The summed E-state index contributed by atoms with van der Waals surface area (Å²) >= 11 is 0. The molecular weight excluding hydrogens is 290 g/mol. The zero-order valence-corrected chi connectivity index (χ0v) is 14.7. The predicted octanol–water partition coefficient (Wildman–Crippen LogP) is 2.11. The lowest BCUT2D eigenvalue weighted by Gasteiger charge is -2.62. The van der Waals surface area contributed by atoms with Gasteiger partial charge in [-0.1, -0.05) is 13.8 Å². The molecular formula is C17H27N5O. The molecule has 0 radical (unpaired) electrons. The SMILES string of the molecule is CCNC(=NCC(=O)Nc1cccnc1)N1CC(C)(C)C1(C)C. The van der Waals surface area contributed by atoms with E-state index in [9.17, 15) is 4.79 Å². The Labute approximate surface area is 138 Å². The number of guanidine groups is 1. The number of carbonyl (C=O) groups excluding carboxylic acids is 1. The Balaban J connectivity index is 2.01. The quantitative estimate of drug-likeness (QED) is 0.659. The fourth-order valence-corrected chi connectivity index (χ4v) is 2.58. The second-order valence-corrected chi connectivity index (χ2v) is 6.99. The molecule has 0 unspecified atom stereocenters. The molecule has 2 heterocycles. The Bertz CT molecular complexity index is 580. The zero-order valence-electron chi connectivity index (χ0n) is 14.7. The van der Waals surface area contributed by atoms with Crippen LogP contribution in [0, 0.1) is 5.41 Å². The van der Waals surface area contributed by atoms with Gasteiger partial charge in [-0.3, -0.25) is 9.78 Å². The fourth-order valence-electron chi connectivity index (χ4n) is 2.58.